The number of rotatable bonds is 17. The van der Waals surface area contributed by atoms with Gasteiger partial charge in [0.15, 0.2) is 13.1 Å². The summed E-state index contributed by atoms with van der Waals surface area (Å²) in [7, 11) is -5.51. The van der Waals surface area contributed by atoms with E-state index in [4.69, 9.17) is 13.9 Å². The number of methoxy groups -OCH3 is 2. The number of hydrogen-bond donors (Lipinski definition) is 3. The van der Waals surface area contributed by atoms with E-state index in [0.717, 1.165) is 22.2 Å². The van der Waals surface area contributed by atoms with Crippen molar-refractivity contribution in [2.45, 2.75) is 69.1 Å². The lowest BCUT2D eigenvalue weighted by Crippen LogP contribution is -2.35. The van der Waals surface area contributed by atoms with Crippen molar-refractivity contribution in [2.24, 2.45) is 0 Å². The van der Waals surface area contributed by atoms with E-state index in [0.29, 0.717) is 55.4 Å². The van der Waals surface area contributed by atoms with E-state index in [1.165, 1.54) is 12.1 Å². The zero-order chi connectivity index (χ0) is 39.2. The molecule has 2 aliphatic heterocycles. The average Bonchev–Trinajstić information content (AvgIpc) is 3.29. The predicted octanol–water partition coefficient (Wildman–Crippen LogP) is 5.20. The number of hydrogen-bond acceptors (Lipinski definition) is 9. The summed E-state index contributed by atoms with van der Waals surface area (Å²) in [6.07, 6.45) is 6.15. The van der Waals surface area contributed by atoms with Gasteiger partial charge in [0.25, 0.3) is 20.2 Å². The highest BCUT2D eigenvalue weighted by atomic mass is 32.2. The van der Waals surface area contributed by atoms with Gasteiger partial charge in [-0.15, -0.1) is 0 Å². The van der Waals surface area contributed by atoms with Crippen LogP contribution in [0.3, 0.4) is 0 Å². The number of carboxylic acid groups (broad SMARTS) is 1. The normalized spacial score (nSPS) is 17.3. The Balaban J connectivity index is 1.90. The van der Waals surface area contributed by atoms with E-state index in [9.17, 15) is 35.8 Å². The number of ether oxygens (including phenoxy) is 2. The Morgan fingerprint density at radius 3 is 2.25 bits per heavy atom. The van der Waals surface area contributed by atoms with Crippen LogP contribution in [0.15, 0.2) is 69.6 Å². The summed E-state index contributed by atoms with van der Waals surface area (Å²) < 4.78 is 86.4. The molecule has 1 aromatic carbocycles. The van der Waals surface area contributed by atoms with Gasteiger partial charge >= 0.3 is 5.97 Å². The highest BCUT2D eigenvalue weighted by Gasteiger charge is 2.43. The minimum Gasteiger partial charge on any atom is -0.481 e. The molecule has 13 nitrogen and oxygen atoms in total. The second-order valence-corrected chi connectivity index (χ2v) is 17.4. The lowest BCUT2D eigenvalue weighted by atomic mass is 9.77. The van der Waals surface area contributed by atoms with Crippen molar-refractivity contribution in [3.8, 4) is 11.3 Å². The van der Waals surface area contributed by atoms with Crippen LogP contribution in [0.4, 0.5) is 5.69 Å². The maximum atomic E-state index is 12.2. The molecule has 0 saturated heterocycles. The Kier molecular flexibility index (Phi) is 13.5. The molecule has 1 atom stereocenters. The summed E-state index contributed by atoms with van der Waals surface area (Å²) in [6.45, 7) is 10.6. The van der Waals surface area contributed by atoms with Gasteiger partial charge in [0.05, 0.1) is 16.7 Å². The quantitative estimate of drug-likeness (QED) is 0.121. The Bertz CT molecular complexity index is 2100. The van der Waals surface area contributed by atoms with E-state index in [1.54, 1.807) is 20.3 Å². The summed E-state index contributed by atoms with van der Waals surface area (Å²) in [4.78, 5) is 13.1. The number of fused-ring (bicyclic) bond motifs is 2. The highest BCUT2D eigenvalue weighted by Crippen LogP contribution is 2.51. The van der Waals surface area contributed by atoms with Crippen LogP contribution in [0, 0.1) is 0 Å². The van der Waals surface area contributed by atoms with Gasteiger partial charge in [0.2, 0.25) is 5.36 Å². The second-order valence-electron chi connectivity index (χ2n) is 14.4. The zero-order valence-corrected chi connectivity index (χ0v) is 32.8. The van der Waals surface area contributed by atoms with Gasteiger partial charge in [-0.2, -0.15) is 16.8 Å². The number of benzene rings is 2. The van der Waals surface area contributed by atoms with Crippen LogP contribution in [-0.4, -0.2) is 89.8 Å². The summed E-state index contributed by atoms with van der Waals surface area (Å²) in [5, 5.41) is 10.4. The first kappa shape index (κ1) is 41.9. The summed E-state index contributed by atoms with van der Waals surface area (Å²) in [6, 6.07) is 12.2. The predicted molar refractivity (Wildman–Crippen MR) is 203 cm³/mol. The fraction of sp³-hybridized carbons (Fsp3) is 0.474. The largest absolute Gasteiger partial charge is 0.481 e. The highest BCUT2D eigenvalue weighted by molar-refractivity contribution is 7.86. The SMILES string of the molecule is COCC[N+](CCOC)=c1ccc2c(/C=C/C=C3\N(CCCS(=O)(=O)O)c4ccc(S(=O)(=O)O)cc4C3(C)CCCC(=O)O)cc(C(C)(C)C)oc-2c1. The number of anilines is 1. The van der Waals surface area contributed by atoms with Crippen LogP contribution >= 0.6 is 0 Å². The van der Waals surface area contributed by atoms with Crippen molar-refractivity contribution in [2.75, 3.05) is 57.7 Å². The van der Waals surface area contributed by atoms with Gasteiger partial charge in [-0.05, 0) is 73.7 Å². The van der Waals surface area contributed by atoms with Crippen molar-refractivity contribution in [1.29, 1.82) is 0 Å². The average molecular weight is 776 g/mol. The van der Waals surface area contributed by atoms with Gasteiger partial charge in [0, 0.05) is 61.0 Å². The zero-order valence-electron chi connectivity index (χ0n) is 31.2. The van der Waals surface area contributed by atoms with E-state index < -0.39 is 37.4 Å². The molecule has 1 aliphatic carbocycles. The number of carbonyl (C=O) groups is 1. The van der Waals surface area contributed by atoms with Crippen molar-refractivity contribution in [3.05, 3.63) is 82.6 Å². The van der Waals surface area contributed by atoms with E-state index in [2.05, 4.69) is 25.3 Å². The van der Waals surface area contributed by atoms with Crippen molar-refractivity contribution in [1.82, 2.24) is 4.58 Å². The number of carboxylic acids is 1. The first-order valence-corrected chi connectivity index (χ1v) is 20.4. The molecule has 0 bridgehead atoms. The third kappa shape index (κ3) is 10.6. The van der Waals surface area contributed by atoms with Gasteiger partial charge < -0.3 is 23.9 Å². The Hall–Kier alpha value is -3.86. The molecular weight excluding hydrogens is 725 g/mol. The molecule has 3 aliphatic rings. The molecule has 0 saturated carbocycles. The van der Waals surface area contributed by atoms with Gasteiger partial charge in [0.1, 0.15) is 24.7 Å². The lowest BCUT2D eigenvalue weighted by Gasteiger charge is -2.30. The molecule has 1 unspecified atom stereocenters. The standard InChI is InChI=1S/C38H50N2O11S2/c1-37(2,3)35-24-27(30-15-13-28(25-33(30)51-35)39(19-21-49-5)20-22-50-6)10-7-11-34-38(4,17-8-12-36(41)42)31-26-29(53(46,47)48)14-16-32(31)40(34)18-9-23-52(43,44)45/h7,10-11,13-16,24-26H,8-9,12,17-23H2,1-6H3,(H2-,41,42,43,44,45,46,47,48)/p+1. The van der Waals surface area contributed by atoms with Crippen molar-refractivity contribution < 1.29 is 49.7 Å². The molecule has 0 amide bonds. The molecule has 4 rings (SSSR count). The van der Waals surface area contributed by atoms with Gasteiger partial charge in [-0.25, -0.2) is 4.58 Å². The van der Waals surface area contributed by atoms with Gasteiger partial charge in [-0.1, -0.05) is 32.9 Å². The van der Waals surface area contributed by atoms with E-state index in [-0.39, 0.29) is 36.1 Å². The Morgan fingerprint density at radius 2 is 1.66 bits per heavy atom. The molecule has 0 radical (unpaired) electrons. The molecule has 2 heterocycles. The lowest BCUT2D eigenvalue weighted by molar-refractivity contribution is -0.137. The molecule has 0 fully saturated rings. The van der Waals surface area contributed by atoms with E-state index in [1.807, 2.05) is 54.3 Å². The van der Waals surface area contributed by atoms with Crippen molar-refractivity contribution >= 4 is 38.0 Å². The molecule has 15 heteroatoms. The summed E-state index contributed by atoms with van der Waals surface area (Å²) in [5.74, 6) is -0.0372. The molecule has 290 valence electrons. The number of allylic oxidation sites excluding steroid dienone is 3. The molecule has 0 aromatic heterocycles. The van der Waals surface area contributed by atoms with Crippen LogP contribution in [0.1, 0.15) is 70.3 Å². The van der Waals surface area contributed by atoms with Gasteiger partial charge in [-0.3, -0.25) is 13.9 Å². The first-order valence-electron chi connectivity index (χ1n) is 17.4. The maximum Gasteiger partial charge on any atom is 0.303 e. The van der Waals surface area contributed by atoms with Crippen LogP contribution in [0.25, 0.3) is 17.4 Å². The van der Waals surface area contributed by atoms with Crippen LogP contribution < -0.4 is 14.8 Å². The third-order valence-corrected chi connectivity index (χ3v) is 11.1. The minimum absolute atomic E-state index is 0.0540. The minimum atomic E-state index is -4.57. The molecular formula is C38H51N2O11S2+. The third-order valence-electron chi connectivity index (χ3n) is 9.41. The second kappa shape index (κ2) is 17.1. The Morgan fingerprint density at radius 1 is 0.981 bits per heavy atom. The molecule has 53 heavy (non-hydrogen) atoms. The number of aliphatic carboxylic acids is 1. The maximum absolute atomic E-state index is 12.2. The van der Waals surface area contributed by atoms with E-state index >= 15 is 0 Å². The monoisotopic (exact) mass is 775 g/mol. The van der Waals surface area contributed by atoms with Crippen LogP contribution in [0.2, 0.25) is 0 Å². The van der Waals surface area contributed by atoms with Crippen molar-refractivity contribution in [3.63, 3.8) is 0 Å². The summed E-state index contributed by atoms with van der Waals surface area (Å²) >= 11 is 0. The number of nitrogens with zero attached hydrogens (tertiary/aromatic N) is 2. The topological polar surface area (TPSA) is 184 Å². The fourth-order valence-corrected chi connectivity index (χ4v) is 7.62. The van der Waals surface area contributed by atoms with Crippen LogP contribution in [-0.2, 0) is 45.3 Å². The summed E-state index contributed by atoms with van der Waals surface area (Å²) in [5.41, 5.74) is 2.27. The fourth-order valence-electron chi connectivity index (χ4n) is 6.62. The molecule has 3 N–H and O–H groups in total. The first-order chi connectivity index (χ1) is 24.8. The molecule has 0 spiro atoms. The van der Waals surface area contributed by atoms with Crippen LogP contribution in [0.5, 0.6) is 0 Å². The molecule has 1 aromatic rings. The Labute approximate surface area is 312 Å². The smallest absolute Gasteiger partial charge is 0.303 e.